The Hall–Kier alpha value is -2.66. The molecule has 0 spiro atoms. The minimum absolute atomic E-state index is 0.0508. The Bertz CT molecular complexity index is 854. The molecule has 0 unspecified atom stereocenters. The quantitative estimate of drug-likeness (QED) is 0.722. The van der Waals surface area contributed by atoms with Crippen LogP contribution in [0.1, 0.15) is 0 Å². The van der Waals surface area contributed by atoms with Gasteiger partial charge in [-0.1, -0.05) is 29.8 Å². The Kier molecular flexibility index (Phi) is 3.89. The van der Waals surface area contributed by atoms with Crippen LogP contribution in [0.25, 0.3) is 10.9 Å². The lowest BCUT2D eigenvalue weighted by Gasteiger charge is -2.08. The molecular formula is C16H11ClFN3O. The van der Waals surface area contributed by atoms with Crippen LogP contribution >= 0.6 is 11.6 Å². The first-order valence-corrected chi connectivity index (χ1v) is 6.87. The minimum atomic E-state index is -0.536. The van der Waals surface area contributed by atoms with Gasteiger partial charge in [-0.25, -0.2) is 9.18 Å². The standard InChI is InChI=1S/C16H11ClFN3O/c17-13-8-11(5-6-14(13)18)20-16(22)21-12-7-10-3-1-2-4-15(10)19-9-12/h1-9H,(H2,20,21,22). The van der Waals surface area contributed by atoms with Crippen LogP contribution in [0.5, 0.6) is 0 Å². The zero-order chi connectivity index (χ0) is 15.5. The lowest BCUT2D eigenvalue weighted by molar-refractivity contribution is 0.262. The van der Waals surface area contributed by atoms with Crippen LogP contribution < -0.4 is 10.6 Å². The van der Waals surface area contributed by atoms with Gasteiger partial charge in [0.25, 0.3) is 0 Å². The SMILES string of the molecule is O=C(Nc1ccc(F)c(Cl)c1)Nc1cnc2ccccc2c1. The number of anilines is 2. The number of hydrogen-bond donors (Lipinski definition) is 2. The average Bonchev–Trinajstić information content (AvgIpc) is 2.51. The Morgan fingerprint density at radius 1 is 1.05 bits per heavy atom. The molecule has 0 aliphatic rings. The normalized spacial score (nSPS) is 10.5. The molecule has 2 N–H and O–H groups in total. The van der Waals surface area contributed by atoms with Crippen LogP contribution in [0.15, 0.2) is 54.7 Å². The smallest absolute Gasteiger partial charge is 0.308 e. The van der Waals surface area contributed by atoms with E-state index in [-0.39, 0.29) is 5.02 Å². The third-order valence-electron chi connectivity index (χ3n) is 3.03. The van der Waals surface area contributed by atoms with E-state index in [1.165, 1.54) is 18.2 Å². The predicted molar refractivity (Wildman–Crippen MR) is 85.8 cm³/mol. The number of nitrogens with zero attached hydrogens (tertiary/aromatic N) is 1. The predicted octanol–water partition coefficient (Wildman–Crippen LogP) is 4.67. The van der Waals surface area contributed by atoms with E-state index in [1.54, 1.807) is 6.20 Å². The van der Waals surface area contributed by atoms with Gasteiger partial charge in [-0.15, -0.1) is 0 Å². The van der Waals surface area contributed by atoms with Gasteiger partial charge < -0.3 is 10.6 Å². The van der Waals surface area contributed by atoms with Gasteiger partial charge in [0, 0.05) is 11.1 Å². The van der Waals surface area contributed by atoms with Crippen molar-refractivity contribution in [2.75, 3.05) is 10.6 Å². The molecule has 0 atom stereocenters. The Labute approximate surface area is 130 Å². The van der Waals surface area contributed by atoms with Crippen molar-refractivity contribution in [2.24, 2.45) is 0 Å². The number of aromatic nitrogens is 1. The van der Waals surface area contributed by atoms with Gasteiger partial charge in [-0.2, -0.15) is 0 Å². The molecule has 110 valence electrons. The minimum Gasteiger partial charge on any atom is -0.308 e. The zero-order valence-corrected chi connectivity index (χ0v) is 12.1. The van der Waals surface area contributed by atoms with E-state index in [4.69, 9.17) is 11.6 Å². The summed E-state index contributed by atoms with van der Waals surface area (Å²) in [6.07, 6.45) is 1.57. The Morgan fingerprint density at radius 2 is 1.82 bits per heavy atom. The van der Waals surface area contributed by atoms with Gasteiger partial charge >= 0.3 is 6.03 Å². The van der Waals surface area contributed by atoms with Crippen LogP contribution in [-0.2, 0) is 0 Å². The largest absolute Gasteiger partial charge is 0.323 e. The van der Waals surface area contributed by atoms with Crippen molar-refractivity contribution in [3.05, 3.63) is 65.6 Å². The van der Waals surface area contributed by atoms with Gasteiger partial charge in [0.05, 0.1) is 22.4 Å². The number of benzene rings is 2. The van der Waals surface area contributed by atoms with Gasteiger partial charge in [0.2, 0.25) is 0 Å². The third kappa shape index (κ3) is 3.15. The number of para-hydroxylation sites is 1. The fourth-order valence-electron chi connectivity index (χ4n) is 2.01. The first kappa shape index (κ1) is 14.3. The van der Waals surface area contributed by atoms with Gasteiger partial charge in [0.1, 0.15) is 5.82 Å². The fraction of sp³-hybridized carbons (Fsp3) is 0. The van der Waals surface area contributed by atoms with Crippen LogP contribution in [0.2, 0.25) is 5.02 Å². The van der Waals surface area contributed by atoms with Crippen LogP contribution in [0.4, 0.5) is 20.6 Å². The van der Waals surface area contributed by atoms with E-state index in [1.807, 2.05) is 30.3 Å². The highest BCUT2D eigenvalue weighted by Gasteiger charge is 2.06. The highest BCUT2D eigenvalue weighted by molar-refractivity contribution is 6.31. The van der Waals surface area contributed by atoms with E-state index >= 15 is 0 Å². The van der Waals surface area contributed by atoms with Gasteiger partial charge in [0.15, 0.2) is 0 Å². The monoisotopic (exact) mass is 315 g/mol. The van der Waals surface area contributed by atoms with E-state index < -0.39 is 11.8 Å². The molecule has 0 radical (unpaired) electrons. The summed E-state index contributed by atoms with van der Waals surface area (Å²) in [7, 11) is 0. The Balaban J connectivity index is 1.73. The second-order valence-electron chi connectivity index (χ2n) is 4.62. The maximum Gasteiger partial charge on any atom is 0.323 e. The molecule has 3 aromatic rings. The van der Waals surface area contributed by atoms with E-state index in [0.29, 0.717) is 11.4 Å². The number of rotatable bonds is 2. The molecular weight excluding hydrogens is 305 g/mol. The number of nitrogens with one attached hydrogen (secondary N) is 2. The molecule has 2 amide bonds. The summed E-state index contributed by atoms with van der Waals surface area (Å²) in [6.45, 7) is 0. The average molecular weight is 316 g/mol. The van der Waals surface area contributed by atoms with Crippen LogP contribution in [0, 0.1) is 5.82 Å². The molecule has 1 heterocycles. The maximum atomic E-state index is 13.1. The van der Waals surface area contributed by atoms with E-state index in [2.05, 4.69) is 15.6 Å². The number of hydrogen-bond acceptors (Lipinski definition) is 2. The van der Waals surface area contributed by atoms with Crippen molar-refractivity contribution in [1.29, 1.82) is 0 Å². The zero-order valence-electron chi connectivity index (χ0n) is 11.3. The molecule has 0 saturated heterocycles. The second-order valence-corrected chi connectivity index (χ2v) is 5.03. The van der Waals surface area contributed by atoms with E-state index in [0.717, 1.165) is 10.9 Å². The highest BCUT2D eigenvalue weighted by atomic mass is 35.5. The molecule has 22 heavy (non-hydrogen) atoms. The summed E-state index contributed by atoms with van der Waals surface area (Å²) >= 11 is 5.67. The van der Waals surface area contributed by atoms with Crippen molar-refractivity contribution in [3.8, 4) is 0 Å². The fourth-order valence-corrected chi connectivity index (χ4v) is 2.19. The van der Waals surface area contributed by atoms with Crippen molar-refractivity contribution < 1.29 is 9.18 Å². The number of fused-ring (bicyclic) bond motifs is 1. The topological polar surface area (TPSA) is 54.0 Å². The van der Waals surface area contributed by atoms with E-state index in [9.17, 15) is 9.18 Å². The number of pyridine rings is 1. The number of amides is 2. The molecule has 0 aliphatic carbocycles. The summed E-state index contributed by atoms with van der Waals surface area (Å²) in [6, 6.07) is 12.9. The summed E-state index contributed by atoms with van der Waals surface area (Å²) < 4.78 is 13.1. The molecule has 2 aromatic carbocycles. The van der Waals surface area contributed by atoms with Crippen molar-refractivity contribution in [2.45, 2.75) is 0 Å². The summed E-state index contributed by atoms with van der Waals surface area (Å²) in [5, 5.41) is 6.12. The summed E-state index contributed by atoms with van der Waals surface area (Å²) in [4.78, 5) is 16.2. The van der Waals surface area contributed by atoms with Crippen molar-refractivity contribution >= 4 is 39.9 Å². The lowest BCUT2D eigenvalue weighted by Crippen LogP contribution is -2.19. The number of urea groups is 1. The molecule has 0 fully saturated rings. The first-order chi connectivity index (χ1) is 10.6. The Morgan fingerprint density at radius 3 is 2.64 bits per heavy atom. The maximum absolute atomic E-state index is 13.1. The molecule has 1 aromatic heterocycles. The third-order valence-corrected chi connectivity index (χ3v) is 3.32. The summed E-state index contributed by atoms with van der Waals surface area (Å²) in [5.74, 6) is -0.536. The number of carbonyl (C=O) groups is 1. The van der Waals surface area contributed by atoms with Crippen molar-refractivity contribution in [3.63, 3.8) is 0 Å². The van der Waals surface area contributed by atoms with Gasteiger partial charge in [-0.3, -0.25) is 4.98 Å². The van der Waals surface area contributed by atoms with Crippen LogP contribution in [-0.4, -0.2) is 11.0 Å². The lowest BCUT2D eigenvalue weighted by atomic mass is 10.2. The molecule has 0 aliphatic heterocycles. The first-order valence-electron chi connectivity index (χ1n) is 6.50. The molecule has 6 heteroatoms. The summed E-state index contributed by atoms with van der Waals surface area (Å²) in [5.41, 5.74) is 1.81. The highest BCUT2D eigenvalue weighted by Crippen LogP contribution is 2.20. The number of halogens is 2. The second kappa shape index (κ2) is 5.99. The molecule has 0 saturated carbocycles. The van der Waals surface area contributed by atoms with Gasteiger partial charge in [-0.05, 0) is 30.3 Å². The van der Waals surface area contributed by atoms with Crippen LogP contribution in [0.3, 0.4) is 0 Å². The molecule has 3 rings (SSSR count). The number of carbonyl (C=O) groups excluding carboxylic acids is 1. The van der Waals surface area contributed by atoms with Crippen molar-refractivity contribution in [1.82, 2.24) is 4.98 Å². The molecule has 0 bridgehead atoms. The molecule has 4 nitrogen and oxygen atoms in total.